The van der Waals surface area contributed by atoms with E-state index in [4.69, 9.17) is 16.3 Å². The Kier molecular flexibility index (Phi) is 7.02. The smallest absolute Gasteiger partial charge is 0.408 e. The summed E-state index contributed by atoms with van der Waals surface area (Å²) in [7, 11) is 1.68. The van der Waals surface area contributed by atoms with Crippen molar-refractivity contribution in [3.63, 3.8) is 0 Å². The average Bonchev–Trinajstić information content (AvgIpc) is 2.44. The molecule has 0 radical (unpaired) electrons. The molecule has 0 aromatic carbocycles. The van der Waals surface area contributed by atoms with Gasteiger partial charge in [-0.2, -0.15) is 0 Å². The van der Waals surface area contributed by atoms with Crippen molar-refractivity contribution in [1.29, 1.82) is 0 Å². The summed E-state index contributed by atoms with van der Waals surface area (Å²) in [5.74, 6) is -0.262. The van der Waals surface area contributed by atoms with Gasteiger partial charge in [0, 0.05) is 19.8 Å². The molecule has 1 heterocycles. The Hall–Kier alpha value is -1.82. The normalized spacial score (nSPS) is 12.7. The Morgan fingerprint density at radius 1 is 1.33 bits per heavy atom. The van der Waals surface area contributed by atoms with Crippen molar-refractivity contribution < 1.29 is 14.3 Å². The van der Waals surface area contributed by atoms with E-state index in [2.05, 4.69) is 10.3 Å². The van der Waals surface area contributed by atoms with Crippen molar-refractivity contribution in [3.05, 3.63) is 29.0 Å². The molecular weight excluding hydrogens is 330 g/mol. The molecule has 0 spiro atoms. The maximum atomic E-state index is 12.7. The molecule has 1 N–H and O–H groups in total. The van der Waals surface area contributed by atoms with Crippen molar-refractivity contribution in [3.8, 4) is 0 Å². The predicted octanol–water partition coefficient (Wildman–Crippen LogP) is 3.24. The number of alkyl carbamates (subject to hydrolysis) is 1. The Morgan fingerprint density at radius 2 is 1.96 bits per heavy atom. The van der Waals surface area contributed by atoms with Crippen LogP contribution in [0.2, 0.25) is 5.15 Å². The second kappa shape index (κ2) is 8.33. The van der Waals surface area contributed by atoms with Gasteiger partial charge in [-0.3, -0.25) is 4.79 Å². The molecule has 1 unspecified atom stereocenters. The number of hydrogen-bond donors (Lipinski definition) is 1. The second-order valence-corrected chi connectivity index (χ2v) is 7.44. The molecule has 1 rings (SSSR count). The highest BCUT2D eigenvalue weighted by molar-refractivity contribution is 6.29. The molecule has 0 aliphatic heterocycles. The molecule has 1 atom stereocenters. The Morgan fingerprint density at radius 3 is 2.42 bits per heavy atom. The van der Waals surface area contributed by atoms with E-state index in [1.165, 1.54) is 0 Å². The highest BCUT2D eigenvalue weighted by atomic mass is 35.5. The summed E-state index contributed by atoms with van der Waals surface area (Å²) in [6.07, 6.45) is 1.02. The standard InChI is InChI=1S/C17H26ClN3O3/c1-11(2)14(20-16(23)24-17(3,4)5)15(22)21(6)10-12-7-8-13(18)19-9-12/h7-9,11,14H,10H2,1-6H3,(H,20,23). The van der Waals surface area contributed by atoms with Gasteiger partial charge in [-0.1, -0.05) is 31.5 Å². The second-order valence-electron chi connectivity index (χ2n) is 7.05. The minimum Gasteiger partial charge on any atom is -0.444 e. The van der Waals surface area contributed by atoms with Crippen LogP contribution in [0.5, 0.6) is 0 Å². The Bertz CT molecular complexity index is 567. The number of carbonyl (C=O) groups excluding carboxylic acids is 2. The van der Waals surface area contributed by atoms with Crippen LogP contribution in [-0.4, -0.2) is 40.6 Å². The van der Waals surface area contributed by atoms with Crippen LogP contribution in [0, 0.1) is 5.92 Å². The lowest BCUT2D eigenvalue weighted by Crippen LogP contribution is -2.51. The molecule has 134 valence electrons. The third-order valence-electron chi connectivity index (χ3n) is 3.19. The van der Waals surface area contributed by atoms with Crippen molar-refractivity contribution in [2.45, 2.75) is 52.8 Å². The van der Waals surface area contributed by atoms with Crippen LogP contribution in [-0.2, 0) is 16.1 Å². The molecule has 0 bridgehead atoms. The lowest BCUT2D eigenvalue weighted by Gasteiger charge is -2.28. The number of pyridine rings is 1. The zero-order chi connectivity index (χ0) is 18.5. The van der Waals surface area contributed by atoms with Crippen LogP contribution >= 0.6 is 11.6 Å². The summed E-state index contributed by atoms with van der Waals surface area (Å²) in [5, 5.41) is 3.06. The molecule has 0 saturated heterocycles. The number of nitrogens with zero attached hydrogens (tertiary/aromatic N) is 2. The topological polar surface area (TPSA) is 71.5 Å². The van der Waals surface area contributed by atoms with Crippen molar-refractivity contribution >= 4 is 23.6 Å². The molecule has 24 heavy (non-hydrogen) atoms. The lowest BCUT2D eigenvalue weighted by atomic mass is 10.0. The summed E-state index contributed by atoms with van der Waals surface area (Å²) in [6.45, 7) is 9.45. The van der Waals surface area contributed by atoms with Crippen LogP contribution in [0.3, 0.4) is 0 Å². The Balaban J connectivity index is 2.74. The SMILES string of the molecule is CC(C)C(NC(=O)OC(C)(C)C)C(=O)N(C)Cc1ccc(Cl)nc1. The van der Waals surface area contributed by atoms with E-state index >= 15 is 0 Å². The fourth-order valence-electron chi connectivity index (χ4n) is 2.04. The number of hydrogen-bond acceptors (Lipinski definition) is 4. The number of carbonyl (C=O) groups is 2. The quantitative estimate of drug-likeness (QED) is 0.823. The Labute approximate surface area is 148 Å². The summed E-state index contributed by atoms with van der Waals surface area (Å²) in [5.41, 5.74) is 0.241. The van der Waals surface area contributed by atoms with E-state index in [1.807, 2.05) is 19.9 Å². The number of ether oxygens (including phenoxy) is 1. The van der Waals surface area contributed by atoms with Gasteiger partial charge in [-0.25, -0.2) is 9.78 Å². The summed E-state index contributed by atoms with van der Waals surface area (Å²) < 4.78 is 5.23. The van der Waals surface area contributed by atoms with Gasteiger partial charge in [0.2, 0.25) is 5.91 Å². The highest BCUT2D eigenvalue weighted by Crippen LogP contribution is 2.12. The maximum Gasteiger partial charge on any atom is 0.408 e. The van der Waals surface area contributed by atoms with Crippen LogP contribution in [0.4, 0.5) is 4.79 Å². The van der Waals surface area contributed by atoms with Crippen molar-refractivity contribution in [2.24, 2.45) is 5.92 Å². The number of amides is 2. The molecular formula is C17H26ClN3O3. The van der Waals surface area contributed by atoms with E-state index < -0.39 is 17.7 Å². The minimum absolute atomic E-state index is 0.0733. The van der Waals surface area contributed by atoms with Gasteiger partial charge in [-0.05, 0) is 38.3 Å². The molecule has 0 fully saturated rings. The summed E-state index contributed by atoms with van der Waals surface area (Å²) >= 11 is 5.76. The first kappa shape index (κ1) is 20.2. The fraction of sp³-hybridized carbons (Fsp3) is 0.588. The number of likely N-dealkylation sites (N-methyl/N-ethyl adjacent to an activating group) is 1. The molecule has 0 aliphatic carbocycles. The zero-order valence-corrected chi connectivity index (χ0v) is 15.8. The van der Waals surface area contributed by atoms with Gasteiger partial charge >= 0.3 is 6.09 Å². The number of nitrogens with one attached hydrogen (secondary N) is 1. The van der Waals surface area contributed by atoms with Gasteiger partial charge in [0.25, 0.3) is 0 Å². The first-order valence-corrected chi connectivity index (χ1v) is 8.22. The van der Waals surface area contributed by atoms with E-state index in [1.54, 1.807) is 45.0 Å². The number of rotatable bonds is 5. The molecule has 7 heteroatoms. The third kappa shape index (κ3) is 6.74. The number of aromatic nitrogens is 1. The van der Waals surface area contributed by atoms with E-state index in [0.717, 1.165) is 5.56 Å². The maximum absolute atomic E-state index is 12.7. The molecule has 1 aromatic rings. The van der Waals surface area contributed by atoms with Gasteiger partial charge in [-0.15, -0.1) is 0 Å². The molecule has 2 amide bonds. The van der Waals surface area contributed by atoms with Crippen LogP contribution < -0.4 is 5.32 Å². The fourth-order valence-corrected chi connectivity index (χ4v) is 2.15. The van der Waals surface area contributed by atoms with Gasteiger partial charge < -0.3 is 15.0 Å². The van der Waals surface area contributed by atoms with Crippen LogP contribution in [0.15, 0.2) is 18.3 Å². The lowest BCUT2D eigenvalue weighted by molar-refractivity contribution is -0.133. The molecule has 0 aliphatic rings. The first-order chi connectivity index (χ1) is 11.0. The predicted molar refractivity (Wildman–Crippen MR) is 93.7 cm³/mol. The van der Waals surface area contributed by atoms with Crippen molar-refractivity contribution in [2.75, 3.05) is 7.05 Å². The van der Waals surface area contributed by atoms with Crippen LogP contribution in [0.1, 0.15) is 40.2 Å². The third-order valence-corrected chi connectivity index (χ3v) is 3.41. The van der Waals surface area contributed by atoms with E-state index in [-0.39, 0.29) is 11.8 Å². The minimum atomic E-state index is -0.662. The van der Waals surface area contributed by atoms with Crippen molar-refractivity contribution in [1.82, 2.24) is 15.2 Å². The largest absolute Gasteiger partial charge is 0.444 e. The first-order valence-electron chi connectivity index (χ1n) is 7.84. The summed E-state index contributed by atoms with van der Waals surface area (Å²) in [4.78, 5) is 30.2. The average molecular weight is 356 g/mol. The molecule has 1 aromatic heterocycles. The van der Waals surface area contributed by atoms with Crippen LogP contribution in [0.25, 0.3) is 0 Å². The van der Waals surface area contributed by atoms with Gasteiger partial charge in [0.05, 0.1) is 0 Å². The number of halogens is 1. The van der Waals surface area contributed by atoms with E-state index in [0.29, 0.717) is 11.7 Å². The highest BCUT2D eigenvalue weighted by Gasteiger charge is 2.29. The monoisotopic (exact) mass is 355 g/mol. The van der Waals surface area contributed by atoms with E-state index in [9.17, 15) is 9.59 Å². The molecule has 6 nitrogen and oxygen atoms in total. The molecule has 0 saturated carbocycles. The van der Waals surface area contributed by atoms with Gasteiger partial charge in [0.1, 0.15) is 16.8 Å². The zero-order valence-electron chi connectivity index (χ0n) is 15.1. The summed E-state index contributed by atoms with van der Waals surface area (Å²) in [6, 6.07) is 2.82. The van der Waals surface area contributed by atoms with Gasteiger partial charge in [0.15, 0.2) is 0 Å².